The fourth-order valence-corrected chi connectivity index (χ4v) is 9.75. The molecule has 0 amide bonds. The predicted octanol–water partition coefficient (Wildman–Crippen LogP) is 4.43. The van der Waals surface area contributed by atoms with Crippen LogP contribution in [-0.2, 0) is 4.79 Å². The first-order valence-corrected chi connectivity index (χ1v) is 12.2. The van der Waals surface area contributed by atoms with Gasteiger partial charge in [0, 0.05) is 12.4 Å². The van der Waals surface area contributed by atoms with E-state index in [-0.39, 0.29) is 5.97 Å². The smallest absolute Gasteiger partial charge is 0.316 e. The van der Waals surface area contributed by atoms with Crippen molar-refractivity contribution in [1.82, 2.24) is 9.97 Å². The van der Waals surface area contributed by atoms with E-state index in [1.54, 1.807) is 0 Å². The van der Waals surface area contributed by atoms with Gasteiger partial charge in [0.1, 0.15) is 11.2 Å². The lowest BCUT2D eigenvalue weighted by Crippen LogP contribution is -2.65. The Labute approximate surface area is 170 Å². The minimum Gasteiger partial charge on any atom is -0.426 e. The maximum absolute atomic E-state index is 12.8. The van der Waals surface area contributed by atoms with Crippen molar-refractivity contribution >= 4 is 24.7 Å². The van der Waals surface area contributed by atoms with Crippen LogP contribution in [0, 0.1) is 19.3 Å². The number of nitrogens with zero attached hydrogens (tertiary/aromatic N) is 2. The van der Waals surface area contributed by atoms with Gasteiger partial charge in [0.05, 0.1) is 5.41 Å². The van der Waals surface area contributed by atoms with Crippen molar-refractivity contribution in [2.75, 3.05) is 0 Å². The van der Waals surface area contributed by atoms with Crippen LogP contribution >= 0.6 is 0 Å². The van der Waals surface area contributed by atoms with Gasteiger partial charge in [-0.15, -0.1) is 0 Å². The molecule has 28 heavy (non-hydrogen) atoms. The molecular weight excluding hydrogens is 364 g/mol. The zero-order valence-electron chi connectivity index (χ0n) is 18.8. The summed E-state index contributed by atoms with van der Waals surface area (Å²) in [5.41, 5.74) is 3.24. The lowest BCUT2D eigenvalue weighted by Gasteiger charge is -2.40. The average Bonchev–Trinajstić information content (AvgIpc) is 2.57. The molecule has 0 aliphatic heterocycles. The number of rotatable bonds is 5. The van der Waals surface area contributed by atoms with Crippen LogP contribution in [0.25, 0.3) is 0 Å². The molecule has 5 heteroatoms. The maximum atomic E-state index is 12.8. The van der Waals surface area contributed by atoms with Crippen LogP contribution < -0.4 is 15.4 Å². The summed E-state index contributed by atoms with van der Waals surface area (Å²) in [7, 11) is -2.44. The number of benzene rings is 1. The third kappa shape index (κ3) is 4.04. The molecule has 2 aromatic rings. The minimum absolute atomic E-state index is 0.219. The van der Waals surface area contributed by atoms with E-state index in [0.29, 0.717) is 16.8 Å². The Morgan fingerprint density at radius 2 is 1.54 bits per heavy atom. The maximum Gasteiger partial charge on any atom is 0.316 e. The average molecular weight is 399 g/mol. The summed E-state index contributed by atoms with van der Waals surface area (Å²) in [6.45, 7) is 18.8. The molecule has 4 nitrogen and oxygen atoms in total. The van der Waals surface area contributed by atoms with Crippen molar-refractivity contribution in [2.45, 2.75) is 73.4 Å². The van der Waals surface area contributed by atoms with Crippen LogP contribution in [0.1, 0.15) is 59.6 Å². The topological polar surface area (TPSA) is 52.1 Å². The monoisotopic (exact) mass is 398 g/mol. The number of hydrogen-bond acceptors (Lipinski definition) is 4. The summed E-state index contributed by atoms with van der Waals surface area (Å²) < 4.78 is 6.04. The van der Waals surface area contributed by atoms with Crippen LogP contribution in [0.2, 0.25) is 11.1 Å². The van der Waals surface area contributed by atoms with E-state index in [0.717, 1.165) is 21.8 Å². The highest BCUT2D eigenvalue weighted by molar-refractivity contribution is 7.03. The molecule has 1 heterocycles. The van der Waals surface area contributed by atoms with Crippen molar-refractivity contribution in [3.8, 4) is 5.75 Å². The zero-order valence-corrected chi connectivity index (χ0v) is 19.8. The fraction of sp³-hybridized carbons (Fsp3) is 0.522. The Hall–Kier alpha value is -2.01. The summed E-state index contributed by atoms with van der Waals surface area (Å²) in [6, 6.07) is 6.03. The molecule has 0 bridgehead atoms. The SMILES string of the molecule is Cc1cc(C)c([Si](c2ncccn2)(C(C)C)C(C)C)c(OC(=O)C(C)(C)C)c1. The molecule has 0 radical (unpaired) electrons. The Balaban J connectivity index is 2.86. The van der Waals surface area contributed by atoms with Gasteiger partial charge in [-0.1, -0.05) is 33.8 Å². The second-order valence-corrected chi connectivity index (χ2v) is 14.3. The van der Waals surface area contributed by atoms with Gasteiger partial charge in [0.15, 0.2) is 8.07 Å². The Bertz CT molecular complexity index is 832. The summed E-state index contributed by atoms with van der Waals surface area (Å²) in [5.74, 6) is 0.460. The van der Waals surface area contributed by atoms with Crippen molar-refractivity contribution < 1.29 is 9.53 Å². The number of hydrogen-bond donors (Lipinski definition) is 0. The molecule has 0 spiro atoms. The predicted molar refractivity (Wildman–Crippen MR) is 118 cm³/mol. The largest absolute Gasteiger partial charge is 0.426 e. The molecule has 0 N–H and O–H groups in total. The quantitative estimate of drug-likeness (QED) is 0.425. The third-order valence-electron chi connectivity index (χ3n) is 5.43. The van der Waals surface area contributed by atoms with Gasteiger partial charge in [0.2, 0.25) is 0 Å². The number of esters is 1. The molecule has 0 atom stereocenters. The summed E-state index contributed by atoms with van der Waals surface area (Å²) in [6.07, 6.45) is 3.64. The first-order chi connectivity index (χ1) is 12.9. The number of carbonyl (C=O) groups excluding carboxylic acids is 1. The number of ether oxygens (including phenoxy) is 1. The highest BCUT2D eigenvalue weighted by Crippen LogP contribution is 2.35. The van der Waals surface area contributed by atoms with Crippen molar-refractivity contribution in [3.05, 3.63) is 41.7 Å². The highest BCUT2D eigenvalue weighted by Gasteiger charge is 2.49. The van der Waals surface area contributed by atoms with E-state index in [1.807, 2.05) is 52.2 Å². The molecule has 2 rings (SSSR count). The van der Waals surface area contributed by atoms with E-state index in [4.69, 9.17) is 14.7 Å². The Morgan fingerprint density at radius 1 is 1.00 bits per heavy atom. The molecule has 0 aliphatic carbocycles. The lowest BCUT2D eigenvalue weighted by molar-refractivity contribution is -0.142. The van der Waals surface area contributed by atoms with Crippen LogP contribution in [0.5, 0.6) is 5.75 Å². The van der Waals surface area contributed by atoms with Crippen molar-refractivity contribution in [3.63, 3.8) is 0 Å². The lowest BCUT2D eigenvalue weighted by atomic mass is 9.97. The number of carbonyl (C=O) groups is 1. The Kier molecular flexibility index (Phi) is 6.49. The van der Waals surface area contributed by atoms with Gasteiger partial charge in [0.25, 0.3) is 0 Å². The molecule has 1 aromatic carbocycles. The first kappa shape index (κ1) is 22.3. The normalized spacial score (nSPS) is 12.5. The molecule has 0 saturated heterocycles. The molecule has 0 fully saturated rings. The molecular formula is C23H34N2O2Si. The second kappa shape index (κ2) is 8.16. The Morgan fingerprint density at radius 3 is 2.00 bits per heavy atom. The van der Waals surface area contributed by atoms with Crippen LogP contribution in [0.15, 0.2) is 30.6 Å². The fourth-order valence-electron chi connectivity index (χ4n) is 4.18. The summed E-state index contributed by atoms with van der Waals surface area (Å²) >= 11 is 0. The van der Waals surface area contributed by atoms with E-state index >= 15 is 0 Å². The van der Waals surface area contributed by atoms with Crippen LogP contribution in [0.4, 0.5) is 0 Å². The van der Waals surface area contributed by atoms with Gasteiger partial charge < -0.3 is 4.74 Å². The van der Waals surface area contributed by atoms with Gasteiger partial charge >= 0.3 is 5.97 Å². The van der Waals surface area contributed by atoms with E-state index in [1.165, 1.54) is 0 Å². The number of aromatic nitrogens is 2. The molecule has 0 saturated carbocycles. The van der Waals surface area contributed by atoms with E-state index < -0.39 is 13.5 Å². The standard InChI is InChI=1S/C23H34N2O2Si/c1-15(2)28(16(3)4,22-24-11-10-12-25-22)20-18(6)13-17(5)14-19(20)27-21(26)23(7,8)9/h10-16H,1-9H3. The first-order valence-electron chi connectivity index (χ1n) is 10.0. The number of aryl methyl sites for hydroxylation is 2. The van der Waals surface area contributed by atoms with Gasteiger partial charge in [-0.25, -0.2) is 9.97 Å². The zero-order chi connectivity index (χ0) is 21.3. The molecule has 0 aliphatic rings. The van der Waals surface area contributed by atoms with Gasteiger partial charge in [-0.3, -0.25) is 4.79 Å². The molecule has 0 unspecified atom stereocenters. The second-order valence-electron chi connectivity index (χ2n) is 9.35. The summed E-state index contributed by atoms with van der Waals surface area (Å²) in [5, 5.41) is 1.15. The van der Waals surface area contributed by atoms with Crippen LogP contribution in [0.3, 0.4) is 0 Å². The van der Waals surface area contributed by atoms with E-state index in [2.05, 4.69) is 40.7 Å². The highest BCUT2D eigenvalue weighted by atomic mass is 28.3. The van der Waals surface area contributed by atoms with Crippen molar-refractivity contribution in [2.24, 2.45) is 5.41 Å². The van der Waals surface area contributed by atoms with Crippen LogP contribution in [-0.4, -0.2) is 24.0 Å². The van der Waals surface area contributed by atoms with E-state index in [9.17, 15) is 4.79 Å². The molecule has 152 valence electrons. The van der Waals surface area contributed by atoms with Crippen molar-refractivity contribution in [1.29, 1.82) is 0 Å². The minimum atomic E-state index is -2.44. The molecule has 1 aromatic heterocycles. The third-order valence-corrected chi connectivity index (χ3v) is 11.5. The summed E-state index contributed by atoms with van der Waals surface area (Å²) in [4.78, 5) is 22.2. The van der Waals surface area contributed by atoms with Gasteiger partial charge in [-0.2, -0.15) is 0 Å². The van der Waals surface area contributed by atoms with Gasteiger partial charge in [-0.05, 0) is 74.1 Å².